The molecule has 7 rings (SSSR count). The van der Waals surface area contributed by atoms with Crippen LogP contribution in [-0.4, -0.2) is 87.1 Å². The molecule has 2 aromatic carbocycles. The first kappa shape index (κ1) is 39.6. The van der Waals surface area contributed by atoms with Crippen molar-refractivity contribution in [3.8, 4) is 11.4 Å². The van der Waals surface area contributed by atoms with E-state index in [1.165, 1.54) is 19.8 Å². The molecule has 2 saturated heterocycles. The van der Waals surface area contributed by atoms with Crippen LogP contribution in [0.5, 0.6) is 0 Å². The number of nitrogens with one attached hydrogen (secondary N) is 4. The Morgan fingerprint density at radius 1 is 0.702 bits per heavy atom. The number of aromatic amines is 2. The number of nitrogens with zero attached hydrogens (tertiary/aromatic N) is 4. The lowest BCUT2D eigenvalue weighted by molar-refractivity contribution is -0.135. The zero-order chi connectivity index (χ0) is 40.1. The molecule has 0 unspecified atom stereocenters. The van der Waals surface area contributed by atoms with Crippen molar-refractivity contribution < 1.29 is 28.7 Å². The van der Waals surface area contributed by atoms with Gasteiger partial charge in [0.15, 0.2) is 0 Å². The van der Waals surface area contributed by atoms with Crippen molar-refractivity contribution in [2.24, 2.45) is 5.92 Å². The number of carbonyl (C=O) groups excluding carboxylic acids is 4. The van der Waals surface area contributed by atoms with Gasteiger partial charge in [0.25, 0.3) is 0 Å². The second kappa shape index (κ2) is 17.6. The summed E-state index contributed by atoms with van der Waals surface area (Å²) >= 11 is 0. The van der Waals surface area contributed by atoms with Crippen LogP contribution in [0.1, 0.15) is 124 Å². The Morgan fingerprint density at radius 2 is 1.32 bits per heavy atom. The van der Waals surface area contributed by atoms with E-state index in [0.717, 1.165) is 80.0 Å². The highest BCUT2D eigenvalue weighted by Crippen LogP contribution is 2.42. The molecule has 4 amide bonds. The molecule has 1 saturated carbocycles. The maximum absolute atomic E-state index is 13.9. The monoisotopic (exact) mass is 778 g/mol. The minimum Gasteiger partial charge on any atom is -0.453 e. The lowest BCUT2D eigenvalue weighted by atomic mass is 9.77. The molecule has 57 heavy (non-hydrogen) atoms. The highest BCUT2D eigenvalue weighted by molar-refractivity contribution is 5.88. The molecule has 4 aromatic rings. The number of hydrogen-bond acceptors (Lipinski definition) is 8. The van der Waals surface area contributed by atoms with E-state index in [1.807, 2.05) is 66.4 Å². The summed E-state index contributed by atoms with van der Waals surface area (Å²) in [5.41, 5.74) is 4.84. The van der Waals surface area contributed by atoms with Crippen LogP contribution in [-0.2, 0) is 19.1 Å². The zero-order valence-electron chi connectivity index (χ0n) is 33.2. The fraction of sp³-hybridized carbons (Fsp3) is 0.488. The molecule has 3 fully saturated rings. The Bertz CT molecular complexity index is 2000. The third kappa shape index (κ3) is 8.69. The third-order valence-corrected chi connectivity index (χ3v) is 12.0. The van der Waals surface area contributed by atoms with Crippen molar-refractivity contribution in [2.75, 3.05) is 27.3 Å². The lowest BCUT2D eigenvalue weighted by Crippen LogP contribution is -2.51. The summed E-state index contributed by atoms with van der Waals surface area (Å²) < 4.78 is 9.60. The zero-order valence-corrected chi connectivity index (χ0v) is 33.2. The van der Waals surface area contributed by atoms with Gasteiger partial charge in [-0.1, -0.05) is 68.4 Å². The predicted molar refractivity (Wildman–Crippen MR) is 213 cm³/mol. The number of methoxy groups -OCH3 is 2. The number of rotatable bonds is 11. The summed E-state index contributed by atoms with van der Waals surface area (Å²) in [6.45, 7) is 5.04. The summed E-state index contributed by atoms with van der Waals surface area (Å²) in [5.74, 6) is 1.99. The number of likely N-dealkylation sites (tertiary alicyclic amines) is 2. The minimum atomic E-state index is -0.862. The fourth-order valence-corrected chi connectivity index (χ4v) is 8.83. The molecule has 1 aliphatic carbocycles. The summed E-state index contributed by atoms with van der Waals surface area (Å²) in [6.07, 6.45) is 10.1. The van der Waals surface area contributed by atoms with Gasteiger partial charge < -0.3 is 39.9 Å². The van der Waals surface area contributed by atoms with Crippen molar-refractivity contribution >= 4 is 24.0 Å². The number of aromatic nitrogens is 4. The van der Waals surface area contributed by atoms with E-state index in [2.05, 4.69) is 44.9 Å². The minimum absolute atomic E-state index is 0.0832. The highest BCUT2D eigenvalue weighted by atomic mass is 16.5. The van der Waals surface area contributed by atoms with E-state index >= 15 is 0 Å². The van der Waals surface area contributed by atoms with Gasteiger partial charge in [-0.3, -0.25) is 9.59 Å². The van der Waals surface area contributed by atoms with Gasteiger partial charge in [0.05, 0.1) is 37.7 Å². The third-order valence-electron chi connectivity index (χ3n) is 12.0. The van der Waals surface area contributed by atoms with Gasteiger partial charge in [-0.25, -0.2) is 19.6 Å². The van der Waals surface area contributed by atoms with Crippen molar-refractivity contribution in [3.05, 3.63) is 95.3 Å². The van der Waals surface area contributed by atoms with Crippen molar-refractivity contribution in [1.29, 1.82) is 0 Å². The smallest absolute Gasteiger partial charge is 0.407 e. The molecule has 4 heterocycles. The van der Waals surface area contributed by atoms with Crippen LogP contribution < -0.4 is 10.6 Å². The van der Waals surface area contributed by atoms with Gasteiger partial charge >= 0.3 is 12.2 Å². The van der Waals surface area contributed by atoms with E-state index in [1.54, 1.807) is 0 Å². The van der Waals surface area contributed by atoms with E-state index in [-0.39, 0.29) is 29.8 Å². The molecular weight excluding hydrogens is 725 g/mol. The van der Waals surface area contributed by atoms with E-state index in [0.29, 0.717) is 30.5 Å². The van der Waals surface area contributed by atoms with Crippen molar-refractivity contribution in [1.82, 2.24) is 40.4 Å². The summed E-state index contributed by atoms with van der Waals surface area (Å²) in [6, 6.07) is 16.0. The second-order valence-corrected chi connectivity index (χ2v) is 15.8. The molecule has 3 aliphatic rings. The maximum atomic E-state index is 13.9. The standard InChI is InChI=1S/C43H54N8O6/c1-26(2)36(48-42(54)56-3)40(52)51-23-9-13-35(51)39-45-24-32(46-39)29-18-14-27(15-19-29)28-16-20-31(21-17-28)38-44-25-33(47-38)34-12-8-22-50(34)41(53)37(49-43(55)57-4)30-10-6-5-7-11-30/h5-7,10-11,16-17,20-21,24-27,29,34-37H,8-9,12-15,18-19,22-23H2,1-4H3,(H,44,47)(H,45,46)(H,48,54)(H,49,55)/t27-,29-,34-,35-,36+,37-/m1/s1. The highest BCUT2D eigenvalue weighted by Gasteiger charge is 2.39. The topological polar surface area (TPSA) is 175 Å². The number of ether oxygens (including phenoxy) is 2. The summed E-state index contributed by atoms with van der Waals surface area (Å²) in [7, 11) is 2.59. The Balaban J connectivity index is 0.953. The number of alkyl carbamates (subject to hydrolysis) is 2. The van der Waals surface area contributed by atoms with Gasteiger partial charge in [0.2, 0.25) is 11.8 Å². The molecule has 14 nitrogen and oxygen atoms in total. The SMILES string of the molecule is COC(=O)N[C@H](C(=O)N1CCC[C@@H]1c1nc([C@H]2CC[C@H](c3ccc(-c4nc([C@H]5CCCN5C(=O)[C@H](NC(=O)OC)c5ccccc5)c[nH]4)cc3)CC2)c[nH]1)C(C)C. The number of benzene rings is 2. The predicted octanol–water partition coefficient (Wildman–Crippen LogP) is 7.05. The van der Waals surface area contributed by atoms with Crippen LogP contribution in [0.3, 0.4) is 0 Å². The van der Waals surface area contributed by atoms with Crippen molar-refractivity contribution in [2.45, 2.75) is 101 Å². The number of imidazole rings is 2. The van der Waals surface area contributed by atoms with Crippen LogP contribution in [0.15, 0.2) is 67.0 Å². The quantitative estimate of drug-likeness (QED) is 0.125. The molecule has 4 N–H and O–H groups in total. The lowest BCUT2D eigenvalue weighted by Gasteiger charge is -2.30. The average Bonchev–Trinajstić information content (AvgIpc) is 4.09. The number of amides is 4. The van der Waals surface area contributed by atoms with E-state index in [4.69, 9.17) is 19.4 Å². The number of carbonyl (C=O) groups is 4. The van der Waals surface area contributed by atoms with Crippen LogP contribution in [0.4, 0.5) is 9.59 Å². The molecule has 4 atom stereocenters. The Morgan fingerprint density at radius 3 is 1.98 bits per heavy atom. The summed E-state index contributed by atoms with van der Waals surface area (Å²) in [4.78, 5) is 72.0. The molecule has 2 aliphatic heterocycles. The number of H-pyrrole nitrogens is 2. The molecule has 0 radical (unpaired) electrons. The van der Waals surface area contributed by atoms with Gasteiger partial charge in [0.1, 0.15) is 23.7 Å². The largest absolute Gasteiger partial charge is 0.453 e. The van der Waals surface area contributed by atoms with Crippen molar-refractivity contribution in [3.63, 3.8) is 0 Å². The fourth-order valence-electron chi connectivity index (χ4n) is 8.83. The molecule has 0 spiro atoms. The maximum Gasteiger partial charge on any atom is 0.407 e. The number of hydrogen-bond donors (Lipinski definition) is 4. The van der Waals surface area contributed by atoms with Gasteiger partial charge in [0, 0.05) is 37.0 Å². The second-order valence-electron chi connectivity index (χ2n) is 15.8. The first-order valence-electron chi connectivity index (χ1n) is 20.2. The van der Waals surface area contributed by atoms with Crippen LogP contribution in [0.2, 0.25) is 0 Å². The summed E-state index contributed by atoms with van der Waals surface area (Å²) in [5, 5.41) is 5.44. The average molecular weight is 779 g/mol. The Hall–Kier alpha value is -5.66. The molecule has 2 aromatic heterocycles. The Kier molecular flexibility index (Phi) is 12.2. The van der Waals surface area contributed by atoms with Crippen LogP contribution in [0, 0.1) is 5.92 Å². The normalized spacial score (nSPS) is 21.9. The van der Waals surface area contributed by atoms with Gasteiger partial charge in [-0.15, -0.1) is 0 Å². The van der Waals surface area contributed by atoms with E-state index in [9.17, 15) is 19.2 Å². The molecular formula is C43H54N8O6. The molecule has 0 bridgehead atoms. The first-order valence-corrected chi connectivity index (χ1v) is 20.2. The van der Waals surface area contributed by atoms with Gasteiger partial charge in [-0.05, 0) is 74.3 Å². The molecule has 302 valence electrons. The van der Waals surface area contributed by atoms with E-state index < -0.39 is 24.3 Å². The van der Waals surface area contributed by atoms with Crippen LogP contribution in [0.25, 0.3) is 11.4 Å². The molecule has 14 heteroatoms. The van der Waals surface area contributed by atoms with Crippen LogP contribution >= 0.6 is 0 Å². The first-order chi connectivity index (χ1) is 27.6. The van der Waals surface area contributed by atoms with Gasteiger partial charge in [-0.2, -0.15) is 0 Å². The Labute approximate surface area is 333 Å².